The van der Waals surface area contributed by atoms with E-state index < -0.39 is 27.0 Å². The Labute approximate surface area is 189 Å². The van der Waals surface area contributed by atoms with Crippen LogP contribution >= 0.6 is 0 Å². The molecule has 4 rings (SSSR count). The van der Waals surface area contributed by atoms with Gasteiger partial charge in [0.05, 0.1) is 13.2 Å². The Kier molecular flexibility index (Phi) is 6.64. The van der Waals surface area contributed by atoms with Crippen LogP contribution in [0.1, 0.15) is 5.69 Å². The first-order chi connectivity index (χ1) is 15.6. The monoisotopic (exact) mass is 487 g/mol. The van der Waals surface area contributed by atoms with Gasteiger partial charge in [-0.25, -0.2) is 13.4 Å². The molecule has 0 N–H and O–H groups in total. The van der Waals surface area contributed by atoms with Gasteiger partial charge in [0.1, 0.15) is 16.5 Å². The van der Waals surface area contributed by atoms with Crippen molar-refractivity contribution >= 4 is 21.8 Å². The van der Waals surface area contributed by atoms with Gasteiger partial charge in [0.25, 0.3) is 0 Å². The van der Waals surface area contributed by atoms with Crippen LogP contribution in [-0.2, 0) is 14.8 Å². The number of ether oxygens (including phenoxy) is 2. The summed E-state index contributed by atoms with van der Waals surface area (Å²) < 4.78 is 74.8. The summed E-state index contributed by atoms with van der Waals surface area (Å²) >= 11 is 0. The van der Waals surface area contributed by atoms with Gasteiger partial charge in [-0.3, -0.25) is 0 Å². The lowest BCUT2D eigenvalue weighted by Crippen LogP contribution is -2.49. The number of rotatable bonds is 5. The van der Waals surface area contributed by atoms with Crippen LogP contribution < -0.4 is 14.5 Å². The molecule has 2 aliphatic heterocycles. The van der Waals surface area contributed by atoms with Crippen LogP contribution in [0, 0.1) is 6.92 Å². The number of aromatic nitrogens is 2. The lowest BCUT2D eigenvalue weighted by Gasteiger charge is -2.35. The third-order valence-electron chi connectivity index (χ3n) is 5.38. The van der Waals surface area contributed by atoms with E-state index in [1.54, 1.807) is 0 Å². The molecule has 2 fully saturated rings. The standard InChI is InChI=1S/C20H24F3N5O4S/c1-15-14-18(25-19(24-15)27-10-12-31-13-11-27)26-6-8-28(9-7-26)33(29,30)17-5-3-2-4-16(17)32-20(21,22)23/h2-5,14H,6-13H2,1H3. The third kappa shape index (κ3) is 5.47. The van der Waals surface area contributed by atoms with E-state index in [2.05, 4.69) is 14.7 Å². The summed E-state index contributed by atoms with van der Waals surface area (Å²) in [4.78, 5) is 12.6. The van der Waals surface area contributed by atoms with Crippen LogP contribution in [0.15, 0.2) is 35.2 Å². The molecule has 1 aromatic carbocycles. The summed E-state index contributed by atoms with van der Waals surface area (Å²) in [5.41, 5.74) is 0.787. The minimum absolute atomic E-state index is 0.0959. The largest absolute Gasteiger partial charge is 0.573 e. The third-order valence-corrected chi connectivity index (χ3v) is 7.32. The van der Waals surface area contributed by atoms with Gasteiger partial charge in [0.2, 0.25) is 16.0 Å². The number of piperazine rings is 1. The van der Waals surface area contributed by atoms with Crippen LogP contribution in [0.5, 0.6) is 5.75 Å². The second kappa shape index (κ2) is 9.31. The molecule has 0 radical (unpaired) electrons. The second-order valence-corrected chi connectivity index (χ2v) is 9.56. The molecule has 33 heavy (non-hydrogen) atoms. The molecule has 0 saturated carbocycles. The van der Waals surface area contributed by atoms with Crippen molar-refractivity contribution < 1.29 is 31.1 Å². The Hall–Kier alpha value is -2.64. The number of morpholine rings is 1. The molecule has 9 nitrogen and oxygen atoms in total. The molecule has 2 aromatic rings. The van der Waals surface area contributed by atoms with Crippen molar-refractivity contribution in [2.45, 2.75) is 18.2 Å². The van der Waals surface area contributed by atoms with E-state index in [0.29, 0.717) is 51.2 Å². The topological polar surface area (TPSA) is 88.1 Å². The molecule has 0 amide bonds. The van der Waals surface area contributed by atoms with E-state index in [-0.39, 0.29) is 13.1 Å². The first kappa shape index (κ1) is 23.5. The number of nitrogens with zero attached hydrogens (tertiary/aromatic N) is 5. The van der Waals surface area contributed by atoms with Crippen molar-refractivity contribution in [1.29, 1.82) is 0 Å². The van der Waals surface area contributed by atoms with E-state index in [4.69, 9.17) is 4.74 Å². The predicted molar refractivity (Wildman–Crippen MR) is 114 cm³/mol. The smallest absolute Gasteiger partial charge is 0.404 e. The van der Waals surface area contributed by atoms with E-state index in [1.165, 1.54) is 16.4 Å². The van der Waals surface area contributed by atoms with Gasteiger partial charge in [-0.15, -0.1) is 13.2 Å². The zero-order chi connectivity index (χ0) is 23.6. The minimum atomic E-state index is -4.99. The fourth-order valence-corrected chi connectivity index (χ4v) is 5.31. The lowest BCUT2D eigenvalue weighted by molar-refractivity contribution is -0.275. The highest BCUT2D eigenvalue weighted by atomic mass is 32.2. The highest BCUT2D eigenvalue weighted by Crippen LogP contribution is 2.32. The van der Waals surface area contributed by atoms with Crippen LogP contribution in [0.3, 0.4) is 0 Å². The van der Waals surface area contributed by atoms with Crippen LogP contribution in [0.4, 0.5) is 24.9 Å². The molecule has 0 atom stereocenters. The van der Waals surface area contributed by atoms with Crippen LogP contribution in [-0.4, -0.2) is 81.5 Å². The highest BCUT2D eigenvalue weighted by Gasteiger charge is 2.36. The van der Waals surface area contributed by atoms with Crippen LogP contribution in [0.25, 0.3) is 0 Å². The Balaban J connectivity index is 1.49. The number of halogens is 3. The van der Waals surface area contributed by atoms with Crippen molar-refractivity contribution in [3.63, 3.8) is 0 Å². The van der Waals surface area contributed by atoms with Gasteiger partial charge in [-0.2, -0.15) is 9.29 Å². The average molecular weight is 488 g/mol. The van der Waals surface area contributed by atoms with Gasteiger partial charge in [0, 0.05) is 51.0 Å². The maximum atomic E-state index is 13.1. The molecular weight excluding hydrogens is 463 g/mol. The molecule has 1 aromatic heterocycles. The molecule has 0 spiro atoms. The minimum Gasteiger partial charge on any atom is -0.404 e. The molecule has 2 saturated heterocycles. The normalized spacial score (nSPS) is 18.4. The number of hydrogen-bond acceptors (Lipinski definition) is 8. The zero-order valence-corrected chi connectivity index (χ0v) is 18.8. The summed E-state index contributed by atoms with van der Waals surface area (Å²) in [5.74, 6) is 0.539. The summed E-state index contributed by atoms with van der Waals surface area (Å²) in [6, 6.07) is 6.60. The van der Waals surface area contributed by atoms with Crippen molar-refractivity contribution in [2.24, 2.45) is 0 Å². The van der Waals surface area contributed by atoms with Gasteiger partial charge in [-0.1, -0.05) is 12.1 Å². The summed E-state index contributed by atoms with van der Waals surface area (Å²) in [6.45, 7) is 5.31. The number of hydrogen-bond donors (Lipinski definition) is 0. The first-order valence-corrected chi connectivity index (χ1v) is 11.9. The molecule has 2 aliphatic rings. The van der Waals surface area contributed by atoms with Crippen molar-refractivity contribution in [3.8, 4) is 5.75 Å². The summed E-state index contributed by atoms with van der Waals surface area (Å²) in [5, 5.41) is 0. The first-order valence-electron chi connectivity index (χ1n) is 10.4. The quantitative estimate of drug-likeness (QED) is 0.633. The number of alkyl halides is 3. The van der Waals surface area contributed by atoms with Crippen LogP contribution in [0.2, 0.25) is 0 Å². The molecule has 0 unspecified atom stereocenters. The van der Waals surface area contributed by atoms with E-state index in [0.717, 1.165) is 17.8 Å². The van der Waals surface area contributed by atoms with Crippen molar-refractivity contribution in [3.05, 3.63) is 36.0 Å². The molecule has 3 heterocycles. The fraction of sp³-hybridized carbons (Fsp3) is 0.500. The second-order valence-electron chi connectivity index (χ2n) is 7.65. The van der Waals surface area contributed by atoms with Gasteiger partial charge in [0.15, 0.2) is 0 Å². The number of benzene rings is 1. The summed E-state index contributed by atoms with van der Waals surface area (Å²) in [6.07, 6.45) is -4.99. The van der Waals surface area contributed by atoms with Gasteiger partial charge in [-0.05, 0) is 19.1 Å². The number of para-hydroxylation sites is 1. The highest BCUT2D eigenvalue weighted by molar-refractivity contribution is 7.89. The molecular formula is C20H24F3N5O4S. The van der Waals surface area contributed by atoms with Gasteiger partial charge < -0.3 is 19.3 Å². The van der Waals surface area contributed by atoms with E-state index >= 15 is 0 Å². The Morgan fingerprint density at radius 2 is 1.64 bits per heavy atom. The van der Waals surface area contributed by atoms with Crippen molar-refractivity contribution in [2.75, 3.05) is 62.3 Å². The average Bonchev–Trinajstić information content (AvgIpc) is 2.78. The fourth-order valence-electron chi connectivity index (χ4n) is 3.77. The SMILES string of the molecule is Cc1cc(N2CCN(S(=O)(=O)c3ccccc3OC(F)(F)F)CC2)nc(N2CCOCC2)n1. The zero-order valence-electron chi connectivity index (χ0n) is 18.0. The summed E-state index contributed by atoms with van der Waals surface area (Å²) in [7, 11) is -4.18. The maximum absolute atomic E-state index is 13.1. The number of anilines is 2. The van der Waals surface area contributed by atoms with E-state index in [1.807, 2.05) is 22.8 Å². The number of aryl methyl sites for hydroxylation is 1. The van der Waals surface area contributed by atoms with Gasteiger partial charge >= 0.3 is 6.36 Å². The molecule has 0 bridgehead atoms. The Morgan fingerprint density at radius 1 is 0.970 bits per heavy atom. The van der Waals surface area contributed by atoms with Crippen molar-refractivity contribution in [1.82, 2.24) is 14.3 Å². The van der Waals surface area contributed by atoms with E-state index in [9.17, 15) is 21.6 Å². The molecule has 180 valence electrons. The lowest BCUT2D eigenvalue weighted by atomic mass is 10.3. The predicted octanol–water partition coefficient (Wildman–Crippen LogP) is 2.03. The number of sulfonamides is 1. The Morgan fingerprint density at radius 3 is 2.30 bits per heavy atom. The molecule has 13 heteroatoms. The Bertz CT molecular complexity index is 1090. The molecule has 0 aliphatic carbocycles. The maximum Gasteiger partial charge on any atom is 0.573 e.